The van der Waals surface area contributed by atoms with Gasteiger partial charge in [-0.2, -0.15) is 5.11 Å². The van der Waals surface area contributed by atoms with Crippen LogP contribution in [-0.2, 0) is 9.59 Å². The van der Waals surface area contributed by atoms with Crippen molar-refractivity contribution >= 4 is 52.0 Å². The van der Waals surface area contributed by atoms with Crippen molar-refractivity contribution in [3.63, 3.8) is 0 Å². The number of ketones is 1. The second kappa shape index (κ2) is 8.50. The molecule has 0 saturated heterocycles. The third kappa shape index (κ3) is 4.84. The Hall–Kier alpha value is -2.84. The van der Waals surface area contributed by atoms with Gasteiger partial charge in [0.25, 0.3) is 11.6 Å². The molecule has 0 spiro atoms. The zero-order valence-corrected chi connectivity index (χ0v) is 14.9. The Labute approximate surface area is 158 Å². The molecule has 0 aromatic heterocycles. The lowest BCUT2D eigenvalue weighted by atomic mass is 10.2. The molecule has 8 nitrogen and oxygen atoms in total. The number of Topliss-reactive ketones (excluding diaryl/α,β-unsaturated/α-hetero) is 1. The van der Waals surface area contributed by atoms with Crippen molar-refractivity contribution in [2.75, 3.05) is 5.32 Å². The first-order valence-electron chi connectivity index (χ1n) is 7.20. The quantitative estimate of drug-likeness (QED) is 0.334. The Morgan fingerprint density at radius 2 is 1.88 bits per heavy atom. The molecule has 134 valence electrons. The molecular formula is C16H12Cl2N4O4. The average Bonchev–Trinajstić information content (AvgIpc) is 2.57. The highest BCUT2D eigenvalue weighted by Crippen LogP contribution is 2.30. The standard InChI is InChI=1S/C16H12Cl2N4O4/c1-9(23)15(16(24)19-12-5-3-2-4-11(12)18)21-20-13-7-6-10(17)8-14(13)22(25)26/h2-8,15H,1H3,(H,19,24). The molecular weight excluding hydrogens is 383 g/mol. The number of nitrogens with one attached hydrogen (secondary N) is 1. The van der Waals surface area contributed by atoms with Gasteiger partial charge in [0.15, 0.2) is 11.5 Å². The first-order valence-corrected chi connectivity index (χ1v) is 7.96. The zero-order valence-electron chi connectivity index (χ0n) is 13.3. The molecule has 0 saturated carbocycles. The Balaban J connectivity index is 2.27. The number of carbonyl (C=O) groups excluding carboxylic acids is 2. The van der Waals surface area contributed by atoms with Crippen LogP contribution >= 0.6 is 23.2 Å². The second-order valence-corrected chi connectivity index (χ2v) is 5.93. The molecule has 0 aliphatic rings. The molecule has 0 bridgehead atoms. The monoisotopic (exact) mass is 394 g/mol. The Kier molecular flexibility index (Phi) is 6.37. The summed E-state index contributed by atoms with van der Waals surface area (Å²) in [5.41, 5.74) is -0.218. The maximum absolute atomic E-state index is 12.3. The van der Waals surface area contributed by atoms with Crippen LogP contribution in [0.1, 0.15) is 6.92 Å². The third-order valence-corrected chi connectivity index (χ3v) is 3.74. The molecule has 0 aliphatic heterocycles. The van der Waals surface area contributed by atoms with E-state index >= 15 is 0 Å². The predicted molar refractivity (Wildman–Crippen MR) is 97.2 cm³/mol. The van der Waals surface area contributed by atoms with Gasteiger partial charge in [-0.15, -0.1) is 5.11 Å². The molecule has 0 radical (unpaired) electrons. The summed E-state index contributed by atoms with van der Waals surface area (Å²) in [6.07, 6.45) is 0. The number of para-hydroxylation sites is 1. The predicted octanol–water partition coefficient (Wildman–Crippen LogP) is 4.58. The van der Waals surface area contributed by atoms with Crippen molar-refractivity contribution in [2.24, 2.45) is 10.2 Å². The number of benzene rings is 2. The molecule has 0 aliphatic carbocycles. The highest BCUT2D eigenvalue weighted by atomic mass is 35.5. The minimum Gasteiger partial charge on any atom is -0.322 e. The number of anilines is 1. The molecule has 1 atom stereocenters. The number of nitrogens with zero attached hydrogens (tertiary/aromatic N) is 3. The Bertz CT molecular complexity index is 902. The van der Waals surface area contributed by atoms with E-state index in [0.29, 0.717) is 5.69 Å². The SMILES string of the molecule is CC(=O)C(N=Nc1ccc(Cl)cc1[N+](=O)[O-])C(=O)Nc1ccccc1Cl. The van der Waals surface area contributed by atoms with Gasteiger partial charge in [0.2, 0.25) is 6.04 Å². The molecule has 2 aromatic carbocycles. The van der Waals surface area contributed by atoms with Crippen LogP contribution in [0.25, 0.3) is 0 Å². The number of nitro benzene ring substituents is 1. The van der Waals surface area contributed by atoms with Crippen LogP contribution < -0.4 is 5.32 Å². The minimum absolute atomic E-state index is 0.129. The lowest BCUT2D eigenvalue weighted by Gasteiger charge is -2.10. The zero-order chi connectivity index (χ0) is 19.3. The van der Waals surface area contributed by atoms with E-state index in [0.717, 1.165) is 13.0 Å². The van der Waals surface area contributed by atoms with Gasteiger partial charge >= 0.3 is 0 Å². The fraction of sp³-hybridized carbons (Fsp3) is 0.125. The van der Waals surface area contributed by atoms with Gasteiger partial charge in [-0.25, -0.2) is 0 Å². The van der Waals surface area contributed by atoms with E-state index in [1.54, 1.807) is 24.3 Å². The second-order valence-electron chi connectivity index (χ2n) is 5.09. The van der Waals surface area contributed by atoms with Gasteiger partial charge in [0.1, 0.15) is 0 Å². The number of hydrogen-bond acceptors (Lipinski definition) is 6. The number of azo groups is 1. The molecule has 1 amide bonds. The van der Waals surface area contributed by atoms with Crippen LogP contribution in [0, 0.1) is 10.1 Å². The van der Waals surface area contributed by atoms with E-state index in [1.807, 2.05) is 0 Å². The highest BCUT2D eigenvalue weighted by molar-refractivity contribution is 6.34. The van der Waals surface area contributed by atoms with Crippen LogP contribution in [0.15, 0.2) is 52.7 Å². The minimum atomic E-state index is -1.48. The smallest absolute Gasteiger partial charge is 0.298 e. The summed E-state index contributed by atoms with van der Waals surface area (Å²) in [5, 5.41) is 21.3. The topological polar surface area (TPSA) is 114 Å². The van der Waals surface area contributed by atoms with Gasteiger partial charge in [0, 0.05) is 11.1 Å². The maximum Gasteiger partial charge on any atom is 0.298 e. The van der Waals surface area contributed by atoms with Gasteiger partial charge in [0.05, 0.1) is 15.6 Å². The average molecular weight is 395 g/mol. The van der Waals surface area contributed by atoms with Gasteiger partial charge in [-0.3, -0.25) is 19.7 Å². The molecule has 0 heterocycles. The summed E-state index contributed by atoms with van der Waals surface area (Å²) in [5.74, 6) is -1.35. The number of amides is 1. The summed E-state index contributed by atoms with van der Waals surface area (Å²) in [7, 11) is 0. The van der Waals surface area contributed by atoms with Gasteiger partial charge in [-0.1, -0.05) is 35.3 Å². The van der Waals surface area contributed by atoms with Crippen LogP contribution in [-0.4, -0.2) is 22.7 Å². The van der Waals surface area contributed by atoms with Crippen LogP contribution in [0.3, 0.4) is 0 Å². The molecule has 0 fully saturated rings. The van der Waals surface area contributed by atoms with Crippen LogP contribution in [0.5, 0.6) is 0 Å². The van der Waals surface area contributed by atoms with Gasteiger partial charge in [-0.05, 0) is 31.2 Å². The number of halogens is 2. The molecule has 26 heavy (non-hydrogen) atoms. The number of hydrogen-bond donors (Lipinski definition) is 1. The summed E-state index contributed by atoms with van der Waals surface area (Å²) in [4.78, 5) is 34.4. The van der Waals surface area contributed by atoms with Crippen LogP contribution in [0.4, 0.5) is 17.1 Å². The summed E-state index contributed by atoms with van der Waals surface area (Å²) in [6.45, 7) is 1.16. The fourth-order valence-corrected chi connectivity index (χ4v) is 2.28. The summed E-state index contributed by atoms with van der Waals surface area (Å²) in [6, 6.07) is 8.73. The van der Waals surface area contributed by atoms with E-state index < -0.39 is 28.3 Å². The van der Waals surface area contributed by atoms with Crippen molar-refractivity contribution in [1.82, 2.24) is 0 Å². The molecule has 1 N–H and O–H groups in total. The number of nitro groups is 1. The van der Waals surface area contributed by atoms with E-state index in [2.05, 4.69) is 15.5 Å². The van der Waals surface area contributed by atoms with Crippen LogP contribution in [0.2, 0.25) is 10.0 Å². The largest absolute Gasteiger partial charge is 0.322 e. The molecule has 2 rings (SSSR count). The van der Waals surface area contributed by atoms with E-state index in [4.69, 9.17) is 23.2 Å². The van der Waals surface area contributed by atoms with E-state index in [1.165, 1.54) is 12.1 Å². The normalized spacial score (nSPS) is 12.0. The fourth-order valence-electron chi connectivity index (χ4n) is 1.93. The summed E-state index contributed by atoms with van der Waals surface area (Å²) < 4.78 is 0. The van der Waals surface area contributed by atoms with Crippen molar-refractivity contribution in [3.8, 4) is 0 Å². The Morgan fingerprint density at radius 3 is 2.50 bits per heavy atom. The lowest BCUT2D eigenvalue weighted by molar-refractivity contribution is -0.384. The number of carbonyl (C=O) groups is 2. The molecule has 1 unspecified atom stereocenters. The first kappa shape index (κ1) is 19.5. The van der Waals surface area contributed by atoms with E-state index in [-0.39, 0.29) is 15.7 Å². The van der Waals surface area contributed by atoms with Gasteiger partial charge < -0.3 is 5.32 Å². The van der Waals surface area contributed by atoms with Crippen molar-refractivity contribution < 1.29 is 14.5 Å². The third-order valence-electron chi connectivity index (χ3n) is 3.18. The van der Waals surface area contributed by atoms with Crippen molar-refractivity contribution in [1.29, 1.82) is 0 Å². The van der Waals surface area contributed by atoms with Crippen molar-refractivity contribution in [3.05, 3.63) is 62.6 Å². The Morgan fingerprint density at radius 1 is 1.19 bits per heavy atom. The maximum atomic E-state index is 12.3. The molecule has 2 aromatic rings. The van der Waals surface area contributed by atoms with Crippen molar-refractivity contribution in [2.45, 2.75) is 13.0 Å². The number of rotatable bonds is 6. The summed E-state index contributed by atoms with van der Waals surface area (Å²) >= 11 is 11.7. The highest BCUT2D eigenvalue weighted by Gasteiger charge is 2.24. The first-order chi connectivity index (χ1) is 12.3. The lowest BCUT2D eigenvalue weighted by Crippen LogP contribution is -2.31. The van der Waals surface area contributed by atoms with E-state index in [9.17, 15) is 19.7 Å². The molecule has 10 heteroatoms.